The number of piperidine rings is 1. The topological polar surface area (TPSA) is 97.5 Å². The van der Waals surface area contributed by atoms with E-state index in [1.165, 1.54) is 6.20 Å². The molecule has 27 heavy (non-hydrogen) atoms. The van der Waals surface area contributed by atoms with Crippen molar-refractivity contribution in [1.82, 2.24) is 24.8 Å². The average molecular weight is 368 g/mol. The highest BCUT2D eigenvalue weighted by Gasteiger charge is 2.40. The molecule has 2 fully saturated rings. The third-order valence-electron chi connectivity index (χ3n) is 5.39. The van der Waals surface area contributed by atoms with E-state index < -0.39 is 0 Å². The average Bonchev–Trinajstić information content (AvgIpc) is 2.71. The highest BCUT2D eigenvalue weighted by atomic mass is 16.5. The molecule has 8 heteroatoms. The van der Waals surface area contributed by atoms with Gasteiger partial charge in [-0.3, -0.25) is 14.7 Å². The summed E-state index contributed by atoms with van der Waals surface area (Å²) in [5.74, 6) is 0.524. The first-order valence-corrected chi connectivity index (χ1v) is 9.26. The Bertz CT molecular complexity index is 792. The summed E-state index contributed by atoms with van der Waals surface area (Å²) in [5, 5.41) is 0. The van der Waals surface area contributed by atoms with Gasteiger partial charge in [0.1, 0.15) is 11.5 Å². The Balaban J connectivity index is 1.37. The quantitative estimate of drug-likeness (QED) is 0.862. The summed E-state index contributed by atoms with van der Waals surface area (Å²) in [6, 6.07) is 3.94. The van der Waals surface area contributed by atoms with E-state index in [0.29, 0.717) is 31.2 Å². The van der Waals surface area contributed by atoms with Gasteiger partial charge in [-0.2, -0.15) is 0 Å². The molecular formula is C19H24N6O2. The van der Waals surface area contributed by atoms with Gasteiger partial charge in [-0.25, -0.2) is 9.97 Å². The highest BCUT2D eigenvalue weighted by Crippen LogP contribution is 2.31. The molecule has 142 valence electrons. The van der Waals surface area contributed by atoms with Crippen molar-refractivity contribution in [3.8, 4) is 0 Å². The number of likely N-dealkylation sites (tertiary alicyclic amines) is 1. The maximum atomic E-state index is 12.6. The summed E-state index contributed by atoms with van der Waals surface area (Å²) in [7, 11) is 0. The van der Waals surface area contributed by atoms with Crippen molar-refractivity contribution in [3.05, 3.63) is 48.2 Å². The number of ether oxygens (including phenoxy) is 1. The number of aromatic nitrogens is 3. The van der Waals surface area contributed by atoms with E-state index in [2.05, 4.69) is 19.9 Å². The van der Waals surface area contributed by atoms with Gasteiger partial charge >= 0.3 is 0 Å². The number of hydrogen-bond acceptors (Lipinski definition) is 7. The summed E-state index contributed by atoms with van der Waals surface area (Å²) in [6.45, 7) is 4.51. The van der Waals surface area contributed by atoms with Crippen molar-refractivity contribution < 1.29 is 9.53 Å². The molecule has 0 bridgehead atoms. The van der Waals surface area contributed by atoms with Crippen molar-refractivity contribution in [2.45, 2.75) is 25.0 Å². The zero-order valence-electron chi connectivity index (χ0n) is 15.3. The molecule has 4 rings (SSSR count). The molecule has 0 radical (unpaired) electrons. The van der Waals surface area contributed by atoms with E-state index >= 15 is 0 Å². The summed E-state index contributed by atoms with van der Waals surface area (Å²) in [5.41, 5.74) is 7.23. The second-order valence-electron chi connectivity index (χ2n) is 7.17. The number of hydrogen-bond donors (Lipinski definition) is 1. The summed E-state index contributed by atoms with van der Waals surface area (Å²) < 4.78 is 6.18. The summed E-state index contributed by atoms with van der Waals surface area (Å²) in [6.07, 6.45) is 7.98. The van der Waals surface area contributed by atoms with Gasteiger partial charge in [0.25, 0.3) is 5.91 Å². The minimum atomic E-state index is -0.200. The normalized spacial score (nSPS) is 19.9. The van der Waals surface area contributed by atoms with Gasteiger partial charge in [-0.15, -0.1) is 0 Å². The first-order valence-electron chi connectivity index (χ1n) is 9.26. The van der Waals surface area contributed by atoms with Crippen LogP contribution >= 0.6 is 0 Å². The lowest BCUT2D eigenvalue weighted by atomic mass is 9.89. The number of amides is 1. The Morgan fingerprint density at radius 2 is 2.04 bits per heavy atom. The van der Waals surface area contributed by atoms with E-state index in [4.69, 9.17) is 10.5 Å². The van der Waals surface area contributed by atoms with Crippen LogP contribution in [0.25, 0.3) is 0 Å². The first kappa shape index (κ1) is 17.8. The first-order chi connectivity index (χ1) is 13.2. The number of carbonyl (C=O) groups is 1. The van der Waals surface area contributed by atoms with Gasteiger partial charge in [0.15, 0.2) is 0 Å². The third kappa shape index (κ3) is 3.91. The highest BCUT2D eigenvalue weighted by molar-refractivity contribution is 5.92. The predicted molar refractivity (Wildman–Crippen MR) is 99.8 cm³/mol. The molecule has 2 aromatic heterocycles. The second-order valence-corrected chi connectivity index (χ2v) is 7.17. The lowest BCUT2D eigenvalue weighted by Gasteiger charge is -2.47. The Hall–Kier alpha value is -2.58. The molecular weight excluding hydrogens is 344 g/mol. The van der Waals surface area contributed by atoms with Crippen molar-refractivity contribution in [2.24, 2.45) is 0 Å². The molecule has 0 saturated carbocycles. The van der Waals surface area contributed by atoms with Crippen LogP contribution in [0.4, 0.5) is 5.82 Å². The number of anilines is 1. The SMILES string of the molecule is Nc1ncccc1CN1CCOC2(CCN(C(=O)c3cnccn3)CC2)C1. The fourth-order valence-electron chi connectivity index (χ4n) is 3.88. The van der Waals surface area contributed by atoms with Gasteiger partial charge < -0.3 is 15.4 Å². The number of morpholine rings is 1. The number of nitrogens with two attached hydrogens (primary N) is 1. The Morgan fingerprint density at radius 1 is 1.19 bits per heavy atom. The molecule has 8 nitrogen and oxygen atoms in total. The zero-order valence-corrected chi connectivity index (χ0v) is 15.3. The van der Waals surface area contributed by atoms with E-state index in [9.17, 15) is 4.79 Å². The van der Waals surface area contributed by atoms with E-state index in [1.807, 2.05) is 17.0 Å². The molecule has 1 amide bonds. The van der Waals surface area contributed by atoms with Crippen molar-refractivity contribution >= 4 is 11.7 Å². The fourth-order valence-corrected chi connectivity index (χ4v) is 3.88. The monoisotopic (exact) mass is 368 g/mol. The number of carbonyl (C=O) groups excluding carboxylic acids is 1. The summed E-state index contributed by atoms with van der Waals surface area (Å²) in [4.78, 5) is 29.1. The van der Waals surface area contributed by atoms with E-state index in [0.717, 1.165) is 38.0 Å². The van der Waals surface area contributed by atoms with E-state index in [-0.39, 0.29) is 11.5 Å². The molecule has 2 saturated heterocycles. The maximum absolute atomic E-state index is 12.6. The van der Waals surface area contributed by atoms with Crippen LogP contribution in [0.3, 0.4) is 0 Å². The molecule has 0 aliphatic carbocycles. The maximum Gasteiger partial charge on any atom is 0.274 e. The molecule has 1 spiro atoms. The van der Waals surface area contributed by atoms with Crippen LogP contribution in [-0.2, 0) is 11.3 Å². The van der Waals surface area contributed by atoms with Crippen LogP contribution < -0.4 is 5.73 Å². The predicted octanol–water partition coefficient (Wildman–Crippen LogP) is 0.961. The lowest BCUT2D eigenvalue weighted by molar-refractivity contribution is -0.134. The molecule has 0 unspecified atom stereocenters. The number of pyridine rings is 1. The fraction of sp³-hybridized carbons (Fsp3) is 0.474. The van der Waals surface area contributed by atoms with Crippen LogP contribution in [0.2, 0.25) is 0 Å². The number of nitrogen functional groups attached to an aromatic ring is 1. The lowest BCUT2D eigenvalue weighted by Crippen LogP contribution is -2.57. The van der Waals surface area contributed by atoms with Crippen LogP contribution in [0.15, 0.2) is 36.9 Å². The third-order valence-corrected chi connectivity index (χ3v) is 5.39. The largest absolute Gasteiger partial charge is 0.383 e. The van der Waals surface area contributed by atoms with Crippen molar-refractivity contribution in [2.75, 3.05) is 38.5 Å². The minimum absolute atomic E-state index is 0.0613. The number of nitrogens with zero attached hydrogens (tertiary/aromatic N) is 5. The molecule has 2 N–H and O–H groups in total. The Labute approximate surface area is 158 Å². The standard InChI is InChI=1S/C19H24N6O2/c20-17-15(2-1-5-23-17)13-24-10-11-27-19(14-24)3-8-25(9-4-19)18(26)16-12-21-6-7-22-16/h1-2,5-7,12H,3-4,8-11,13-14H2,(H2,20,23). The van der Waals surface area contributed by atoms with Crippen LogP contribution in [0.5, 0.6) is 0 Å². The van der Waals surface area contributed by atoms with Crippen molar-refractivity contribution in [3.63, 3.8) is 0 Å². The molecule has 2 aliphatic heterocycles. The van der Waals surface area contributed by atoms with Gasteiger partial charge in [0.05, 0.1) is 18.4 Å². The number of rotatable bonds is 3. The molecule has 0 atom stereocenters. The smallest absolute Gasteiger partial charge is 0.274 e. The summed E-state index contributed by atoms with van der Waals surface area (Å²) >= 11 is 0. The van der Waals surface area contributed by atoms with Gasteiger partial charge in [-0.1, -0.05) is 6.07 Å². The van der Waals surface area contributed by atoms with Crippen molar-refractivity contribution in [1.29, 1.82) is 0 Å². The Morgan fingerprint density at radius 3 is 2.78 bits per heavy atom. The second kappa shape index (κ2) is 7.58. The molecule has 2 aromatic rings. The zero-order chi connectivity index (χ0) is 18.7. The van der Waals surface area contributed by atoms with Gasteiger partial charge in [0, 0.05) is 56.9 Å². The van der Waals surface area contributed by atoms with Crippen LogP contribution in [0.1, 0.15) is 28.9 Å². The van der Waals surface area contributed by atoms with Crippen LogP contribution in [-0.4, -0.2) is 69.0 Å². The Kier molecular flexibility index (Phi) is 5.00. The van der Waals surface area contributed by atoms with Crippen LogP contribution in [0, 0.1) is 0 Å². The molecule has 4 heterocycles. The minimum Gasteiger partial charge on any atom is -0.383 e. The molecule has 2 aliphatic rings. The van der Waals surface area contributed by atoms with Gasteiger partial charge in [-0.05, 0) is 18.9 Å². The molecule has 0 aromatic carbocycles. The van der Waals surface area contributed by atoms with Gasteiger partial charge in [0.2, 0.25) is 0 Å². The van der Waals surface area contributed by atoms with E-state index in [1.54, 1.807) is 18.6 Å².